The molecule has 7 heteroatoms. The number of rotatable bonds is 4. The molecule has 1 aromatic heterocycles. The fourth-order valence-electron chi connectivity index (χ4n) is 1.74. The van der Waals surface area contributed by atoms with Gasteiger partial charge in [-0.3, -0.25) is 14.9 Å². The van der Waals surface area contributed by atoms with Crippen LogP contribution in [0.5, 0.6) is 0 Å². The number of amides is 1. The van der Waals surface area contributed by atoms with Gasteiger partial charge in [0.25, 0.3) is 11.6 Å². The standard InChI is InChI=1S/C13H12BrN3O3/c1-16-5-4-9(8-16)7-15-13(18)10-2-3-11(14)12(6-10)17(19)20/h2-6,8H,7H2,1H3,(H,15,18). The van der Waals surface area contributed by atoms with E-state index in [0.29, 0.717) is 11.0 Å². The van der Waals surface area contributed by atoms with Gasteiger partial charge in [-0.25, -0.2) is 0 Å². The Kier molecular flexibility index (Phi) is 4.19. The second kappa shape index (κ2) is 5.87. The van der Waals surface area contributed by atoms with E-state index in [9.17, 15) is 14.9 Å². The van der Waals surface area contributed by atoms with E-state index in [1.807, 2.05) is 30.1 Å². The van der Waals surface area contributed by atoms with Crippen molar-refractivity contribution in [3.8, 4) is 0 Å². The molecule has 6 nitrogen and oxygen atoms in total. The minimum absolute atomic E-state index is 0.127. The van der Waals surface area contributed by atoms with Gasteiger partial charge in [0.1, 0.15) is 0 Å². The van der Waals surface area contributed by atoms with Crippen LogP contribution in [-0.2, 0) is 13.6 Å². The van der Waals surface area contributed by atoms with Crippen molar-refractivity contribution in [3.05, 3.63) is 62.4 Å². The summed E-state index contributed by atoms with van der Waals surface area (Å²) in [5, 5.41) is 13.5. The minimum Gasteiger partial charge on any atom is -0.357 e. The van der Waals surface area contributed by atoms with Crippen LogP contribution < -0.4 is 5.32 Å². The third kappa shape index (κ3) is 3.24. The number of hydrogen-bond acceptors (Lipinski definition) is 3. The lowest BCUT2D eigenvalue weighted by Crippen LogP contribution is -2.22. The highest BCUT2D eigenvalue weighted by Gasteiger charge is 2.15. The molecule has 104 valence electrons. The first-order chi connectivity index (χ1) is 9.47. The average molecular weight is 338 g/mol. The molecule has 0 spiro atoms. The SMILES string of the molecule is Cn1ccc(CNC(=O)c2ccc(Br)c([N+](=O)[O-])c2)c1. The van der Waals surface area contributed by atoms with Gasteiger partial charge in [0.05, 0.1) is 9.40 Å². The van der Waals surface area contributed by atoms with Gasteiger partial charge in [-0.15, -0.1) is 0 Å². The highest BCUT2D eigenvalue weighted by atomic mass is 79.9. The van der Waals surface area contributed by atoms with Gasteiger partial charge >= 0.3 is 0 Å². The molecule has 2 aromatic rings. The highest BCUT2D eigenvalue weighted by molar-refractivity contribution is 9.10. The molecule has 1 amide bonds. The lowest BCUT2D eigenvalue weighted by molar-refractivity contribution is -0.385. The van der Waals surface area contributed by atoms with Gasteiger partial charge < -0.3 is 9.88 Å². The topological polar surface area (TPSA) is 77.2 Å². The van der Waals surface area contributed by atoms with Gasteiger partial charge in [-0.05, 0) is 39.7 Å². The van der Waals surface area contributed by atoms with Crippen LogP contribution >= 0.6 is 15.9 Å². The van der Waals surface area contributed by atoms with Crippen LogP contribution in [0.3, 0.4) is 0 Å². The lowest BCUT2D eigenvalue weighted by Gasteiger charge is -2.04. The van der Waals surface area contributed by atoms with E-state index in [0.717, 1.165) is 5.56 Å². The molecule has 0 bridgehead atoms. The molecule has 0 fully saturated rings. The van der Waals surface area contributed by atoms with Gasteiger partial charge in [0.15, 0.2) is 0 Å². The zero-order valence-corrected chi connectivity index (χ0v) is 12.3. The third-order valence-corrected chi connectivity index (χ3v) is 3.42. The van der Waals surface area contributed by atoms with E-state index in [4.69, 9.17) is 0 Å². The van der Waals surface area contributed by atoms with Crippen molar-refractivity contribution >= 4 is 27.5 Å². The molecule has 0 radical (unpaired) electrons. The van der Waals surface area contributed by atoms with E-state index < -0.39 is 4.92 Å². The quantitative estimate of drug-likeness (QED) is 0.688. The minimum atomic E-state index is -0.530. The van der Waals surface area contributed by atoms with Crippen LogP contribution in [0.4, 0.5) is 5.69 Å². The molecule has 1 heterocycles. The molecule has 0 atom stereocenters. The molecule has 20 heavy (non-hydrogen) atoms. The van der Waals surface area contributed by atoms with Gasteiger partial charge in [0, 0.05) is 37.6 Å². The Morgan fingerprint density at radius 2 is 2.20 bits per heavy atom. The molecule has 0 saturated carbocycles. The van der Waals surface area contributed by atoms with Gasteiger partial charge in [-0.2, -0.15) is 0 Å². The molecule has 0 aliphatic heterocycles. The van der Waals surface area contributed by atoms with Crippen LogP contribution in [0.1, 0.15) is 15.9 Å². The smallest absolute Gasteiger partial charge is 0.284 e. The summed E-state index contributed by atoms with van der Waals surface area (Å²) >= 11 is 3.08. The number of benzene rings is 1. The summed E-state index contributed by atoms with van der Waals surface area (Å²) in [4.78, 5) is 22.2. The van der Waals surface area contributed by atoms with Crippen molar-refractivity contribution in [3.63, 3.8) is 0 Å². The number of nitro benzene ring substituents is 1. The van der Waals surface area contributed by atoms with E-state index in [-0.39, 0.29) is 17.2 Å². The molecular formula is C13H12BrN3O3. The summed E-state index contributed by atoms with van der Waals surface area (Å²) in [5.41, 5.74) is 1.10. The summed E-state index contributed by atoms with van der Waals surface area (Å²) < 4.78 is 2.23. The summed E-state index contributed by atoms with van der Waals surface area (Å²) in [7, 11) is 1.89. The van der Waals surface area contributed by atoms with Crippen molar-refractivity contribution in [2.75, 3.05) is 0 Å². The Balaban J connectivity index is 2.09. The molecule has 0 unspecified atom stereocenters. The Hall–Kier alpha value is -2.15. The normalized spacial score (nSPS) is 10.3. The number of aromatic nitrogens is 1. The zero-order chi connectivity index (χ0) is 14.7. The highest BCUT2D eigenvalue weighted by Crippen LogP contribution is 2.25. The Labute approximate surface area is 123 Å². The number of hydrogen-bond donors (Lipinski definition) is 1. The van der Waals surface area contributed by atoms with Crippen LogP contribution in [-0.4, -0.2) is 15.4 Å². The molecular weight excluding hydrogens is 326 g/mol. The van der Waals surface area contributed by atoms with E-state index in [1.54, 1.807) is 0 Å². The first kappa shape index (κ1) is 14.3. The maximum atomic E-state index is 12.0. The molecule has 0 saturated heterocycles. The van der Waals surface area contributed by atoms with E-state index >= 15 is 0 Å². The van der Waals surface area contributed by atoms with Crippen molar-refractivity contribution < 1.29 is 9.72 Å². The van der Waals surface area contributed by atoms with E-state index in [2.05, 4.69) is 21.2 Å². The summed E-state index contributed by atoms with van der Waals surface area (Å²) in [6.07, 6.45) is 3.77. The summed E-state index contributed by atoms with van der Waals surface area (Å²) in [6, 6.07) is 6.18. The first-order valence-corrected chi connectivity index (χ1v) is 6.59. The molecule has 0 aliphatic carbocycles. The van der Waals surface area contributed by atoms with Crippen molar-refractivity contribution in [2.45, 2.75) is 6.54 Å². The third-order valence-electron chi connectivity index (χ3n) is 2.75. The predicted molar refractivity (Wildman–Crippen MR) is 77.4 cm³/mol. The number of nitro groups is 1. The number of nitrogens with one attached hydrogen (secondary N) is 1. The number of carbonyl (C=O) groups is 1. The van der Waals surface area contributed by atoms with E-state index in [1.165, 1.54) is 18.2 Å². The zero-order valence-electron chi connectivity index (χ0n) is 10.7. The lowest BCUT2D eigenvalue weighted by atomic mass is 10.2. The maximum absolute atomic E-state index is 12.0. The second-order valence-corrected chi connectivity index (χ2v) is 5.15. The second-order valence-electron chi connectivity index (χ2n) is 4.29. The predicted octanol–water partition coefficient (Wildman–Crippen LogP) is 2.63. The largest absolute Gasteiger partial charge is 0.357 e. The van der Waals surface area contributed by atoms with Crippen molar-refractivity contribution in [1.82, 2.24) is 9.88 Å². The fourth-order valence-corrected chi connectivity index (χ4v) is 2.14. The molecule has 2 rings (SSSR count). The molecule has 0 aliphatic rings. The van der Waals surface area contributed by atoms with Gasteiger partial charge in [-0.1, -0.05) is 0 Å². The number of nitrogens with zero attached hydrogens (tertiary/aromatic N) is 2. The number of halogens is 1. The molecule has 1 N–H and O–H groups in total. The van der Waals surface area contributed by atoms with Crippen LogP contribution in [0.15, 0.2) is 41.1 Å². The van der Waals surface area contributed by atoms with Crippen LogP contribution in [0.2, 0.25) is 0 Å². The molecule has 1 aromatic carbocycles. The van der Waals surface area contributed by atoms with Crippen molar-refractivity contribution in [2.24, 2.45) is 7.05 Å². The van der Waals surface area contributed by atoms with Crippen molar-refractivity contribution in [1.29, 1.82) is 0 Å². The number of carbonyl (C=O) groups excluding carboxylic acids is 1. The number of aryl methyl sites for hydroxylation is 1. The summed E-state index contributed by atoms with van der Waals surface area (Å²) in [5.74, 6) is -0.343. The van der Waals surface area contributed by atoms with Crippen LogP contribution in [0, 0.1) is 10.1 Å². The fraction of sp³-hybridized carbons (Fsp3) is 0.154. The Morgan fingerprint density at radius 3 is 2.80 bits per heavy atom. The summed E-state index contributed by atoms with van der Waals surface area (Å²) in [6.45, 7) is 0.379. The van der Waals surface area contributed by atoms with Gasteiger partial charge in [0.2, 0.25) is 0 Å². The van der Waals surface area contributed by atoms with Crippen LogP contribution in [0.25, 0.3) is 0 Å². The Morgan fingerprint density at radius 1 is 1.45 bits per heavy atom. The average Bonchev–Trinajstić information content (AvgIpc) is 2.82. The Bertz CT molecular complexity index is 667. The maximum Gasteiger partial charge on any atom is 0.284 e. The monoisotopic (exact) mass is 337 g/mol. The first-order valence-electron chi connectivity index (χ1n) is 5.80.